The third-order valence-corrected chi connectivity index (χ3v) is 3.06. The monoisotopic (exact) mass is 240 g/mol. The van der Waals surface area contributed by atoms with E-state index < -0.39 is 0 Å². The Bertz CT molecular complexity index is 544. The zero-order valence-corrected chi connectivity index (χ0v) is 9.46. The van der Waals surface area contributed by atoms with Gasteiger partial charge in [-0.3, -0.25) is 9.36 Å². The number of thiophene rings is 1. The molecule has 0 radical (unpaired) electrons. The predicted octanol–water partition coefficient (Wildman–Crippen LogP) is 2.25. The summed E-state index contributed by atoms with van der Waals surface area (Å²) in [5.74, 6) is 0.462. The van der Waals surface area contributed by atoms with E-state index in [4.69, 9.17) is 11.6 Å². The minimum absolute atomic E-state index is 0.00854. The molecule has 15 heavy (non-hydrogen) atoms. The van der Waals surface area contributed by atoms with E-state index in [1.165, 1.54) is 11.3 Å². The highest BCUT2D eigenvalue weighted by Gasteiger charge is 2.03. The first-order chi connectivity index (χ1) is 7.33. The molecule has 0 N–H and O–H groups in total. The molecule has 0 aromatic carbocycles. The van der Waals surface area contributed by atoms with E-state index in [2.05, 4.69) is 4.98 Å². The number of fused-ring (bicyclic) bond motifs is 1. The van der Waals surface area contributed by atoms with Crippen LogP contribution in [0.25, 0.3) is 10.2 Å². The SMILES string of the molecule is O=c1c2sccc2ncn1CC=CCCl. The van der Waals surface area contributed by atoms with Gasteiger partial charge in [-0.25, -0.2) is 4.98 Å². The molecule has 0 unspecified atom stereocenters. The van der Waals surface area contributed by atoms with E-state index in [1.54, 1.807) is 10.9 Å². The van der Waals surface area contributed by atoms with Crippen LogP contribution < -0.4 is 5.56 Å². The van der Waals surface area contributed by atoms with Crippen LogP contribution in [-0.4, -0.2) is 15.4 Å². The van der Waals surface area contributed by atoms with Crippen molar-refractivity contribution in [3.63, 3.8) is 0 Å². The van der Waals surface area contributed by atoms with Crippen molar-refractivity contribution in [2.24, 2.45) is 0 Å². The van der Waals surface area contributed by atoms with Crippen LogP contribution in [-0.2, 0) is 6.54 Å². The Balaban J connectivity index is 2.40. The minimum atomic E-state index is 0.00854. The van der Waals surface area contributed by atoms with Crippen LogP contribution in [0.2, 0.25) is 0 Å². The normalized spacial score (nSPS) is 11.5. The van der Waals surface area contributed by atoms with E-state index in [0.717, 1.165) is 5.52 Å². The molecule has 0 spiro atoms. The zero-order valence-electron chi connectivity index (χ0n) is 7.89. The summed E-state index contributed by atoms with van der Waals surface area (Å²) in [6.07, 6.45) is 5.23. The van der Waals surface area contributed by atoms with Crippen LogP contribution in [0.15, 0.2) is 34.7 Å². The number of hydrogen-bond acceptors (Lipinski definition) is 3. The number of hydrogen-bond donors (Lipinski definition) is 0. The number of allylic oxidation sites excluding steroid dienone is 2. The first-order valence-electron chi connectivity index (χ1n) is 4.46. The number of aromatic nitrogens is 2. The summed E-state index contributed by atoms with van der Waals surface area (Å²) in [7, 11) is 0. The molecule has 0 saturated carbocycles. The summed E-state index contributed by atoms with van der Waals surface area (Å²) in [4.78, 5) is 16.0. The van der Waals surface area contributed by atoms with Crippen molar-refractivity contribution in [3.8, 4) is 0 Å². The van der Waals surface area contributed by atoms with Gasteiger partial charge in [-0.05, 0) is 11.4 Å². The van der Waals surface area contributed by atoms with Gasteiger partial charge in [0.05, 0.1) is 11.8 Å². The number of rotatable bonds is 3. The second-order valence-electron chi connectivity index (χ2n) is 2.96. The number of nitrogens with zero attached hydrogens (tertiary/aromatic N) is 2. The summed E-state index contributed by atoms with van der Waals surface area (Å²) >= 11 is 6.92. The highest BCUT2D eigenvalue weighted by molar-refractivity contribution is 7.17. The molecule has 2 rings (SSSR count). The van der Waals surface area contributed by atoms with Crippen molar-refractivity contribution >= 4 is 33.2 Å². The van der Waals surface area contributed by atoms with Gasteiger partial charge in [0, 0.05) is 12.4 Å². The Morgan fingerprint density at radius 2 is 2.40 bits per heavy atom. The molecule has 0 aliphatic carbocycles. The van der Waals surface area contributed by atoms with Crippen molar-refractivity contribution in [1.29, 1.82) is 0 Å². The van der Waals surface area contributed by atoms with Gasteiger partial charge in [-0.2, -0.15) is 0 Å². The average Bonchev–Trinajstić information content (AvgIpc) is 2.70. The topological polar surface area (TPSA) is 34.9 Å². The van der Waals surface area contributed by atoms with Crippen LogP contribution in [0.3, 0.4) is 0 Å². The van der Waals surface area contributed by atoms with Gasteiger partial charge < -0.3 is 0 Å². The van der Waals surface area contributed by atoms with E-state index in [1.807, 2.05) is 23.6 Å². The molecule has 0 amide bonds. The lowest BCUT2D eigenvalue weighted by Crippen LogP contribution is -2.18. The Morgan fingerprint density at radius 3 is 3.20 bits per heavy atom. The summed E-state index contributed by atoms with van der Waals surface area (Å²) < 4.78 is 2.28. The van der Waals surface area contributed by atoms with Gasteiger partial charge in [0.25, 0.3) is 5.56 Å². The fourth-order valence-electron chi connectivity index (χ4n) is 1.26. The highest BCUT2D eigenvalue weighted by Crippen LogP contribution is 2.12. The first kappa shape index (κ1) is 10.4. The molecule has 78 valence electrons. The summed E-state index contributed by atoms with van der Waals surface area (Å²) in [6.45, 7) is 0.520. The maximum absolute atomic E-state index is 11.9. The third-order valence-electron chi connectivity index (χ3n) is 1.99. The van der Waals surface area contributed by atoms with Gasteiger partial charge in [0.15, 0.2) is 0 Å². The Kier molecular flexibility index (Phi) is 3.18. The van der Waals surface area contributed by atoms with Gasteiger partial charge in [-0.15, -0.1) is 22.9 Å². The molecular weight excluding hydrogens is 232 g/mol. The van der Waals surface area contributed by atoms with Crippen LogP contribution in [0.5, 0.6) is 0 Å². The maximum Gasteiger partial charge on any atom is 0.271 e. The van der Waals surface area contributed by atoms with Crippen molar-refractivity contribution in [2.75, 3.05) is 5.88 Å². The van der Waals surface area contributed by atoms with Crippen LogP contribution in [0.1, 0.15) is 0 Å². The first-order valence-corrected chi connectivity index (χ1v) is 5.88. The number of halogens is 1. The standard InChI is InChI=1S/C10H9ClN2OS/c11-4-1-2-5-13-7-12-8-3-6-15-9(8)10(13)14/h1-3,6-7H,4-5H2. The molecule has 0 fully saturated rings. The van der Waals surface area contributed by atoms with Crippen molar-refractivity contribution < 1.29 is 0 Å². The van der Waals surface area contributed by atoms with E-state index in [-0.39, 0.29) is 5.56 Å². The van der Waals surface area contributed by atoms with Crippen molar-refractivity contribution in [1.82, 2.24) is 9.55 Å². The second kappa shape index (κ2) is 4.59. The lowest BCUT2D eigenvalue weighted by molar-refractivity contribution is 0.768. The largest absolute Gasteiger partial charge is 0.294 e. The van der Waals surface area contributed by atoms with Crippen molar-refractivity contribution in [2.45, 2.75) is 6.54 Å². The van der Waals surface area contributed by atoms with Gasteiger partial charge in [0.2, 0.25) is 0 Å². The molecule has 3 nitrogen and oxygen atoms in total. The zero-order chi connectivity index (χ0) is 10.7. The predicted molar refractivity (Wildman–Crippen MR) is 63.7 cm³/mol. The molecule has 0 atom stereocenters. The summed E-state index contributed by atoms with van der Waals surface area (Å²) in [5, 5.41) is 1.87. The van der Waals surface area contributed by atoms with E-state index in [0.29, 0.717) is 17.1 Å². The van der Waals surface area contributed by atoms with Crippen LogP contribution >= 0.6 is 22.9 Å². The fourth-order valence-corrected chi connectivity index (χ4v) is 2.18. The Hall–Kier alpha value is -1.13. The third kappa shape index (κ3) is 2.11. The van der Waals surface area contributed by atoms with Gasteiger partial charge >= 0.3 is 0 Å². The lowest BCUT2D eigenvalue weighted by Gasteiger charge is -1.99. The molecule has 0 aliphatic rings. The van der Waals surface area contributed by atoms with Gasteiger partial charge in [0.1, 0.15) is 4.70 Å². The van der Waals surface area contributed by atoms with Crippen LogP contribution in [0.4, 0.5) is 0 Å². The molecule has 2 aromatic heterocycles. The maximum atomic E-state index is 11.9. The van der Waals surface area contributed by atoms with Crippen LogP contribution in [0, 0.1) is 0 Å². The van der Waals surface area contributed by atoms with E-state index >= 15 is 0 Å². The minimum Gasteiger partial charge on any atom is -0.294 e. The molecule has 2 heterocycles. The molecule has 5 heteroatoms. The highest BCUT2D eigenvalue weighted by atomic mass is 35.5. The van der Waals surface area contributed by atoms with Gasteiger partial charge in [-0.1, -0.05) is 12.2 Å². The Labute approximate surface area is 95.6 Å². The smallest absolute Gasteiger partial charge is 0.271 e. The molecule has 0 saturated heterocycles. The lowest BCUT2D eigenvalue weighted by atomic mass is 10.4. The van der Waals surface area contributed by atoms with Crippen molar-refractivity contribution in [3.05, 3.63) is 40.3 Å². The average molecular weight is 241 g/mol. The second-order valence-corrected chi connectivity index (χ2v) is 4.19. The molecule has 0 aliphatic heterocycles. The molecule has 0 bridgehead atoms. The summed E-state index contributed by atoms with van der Waals surface area (Å²) in [5.41, 5.74) is 0.775. The fraction of sp³-hybridized carbons (Fsp3) is 0.200. The molecular formula is C10H9ClN2OS. The number of alkyl halides is 1. The quantitative estimate of drug-likeness (QED) is 0.609. The summed E-state index contributed by atoms with van der Waals surface area (Å²) in [6, 6.07) is 1.85. The Morgan fingerprint density at radius 1 is 1.53 bits per heavy atom. The molecule has 2 aromatic rings. The van der Waals surface area contributed by atoms with E-state index in [9.17, 15) is 4.79 Å².